The summed E-state index contributed by atoms with van der Waals surface area (Å²) in [5.74, 6) is 1.37. The number of carbonyl (C=O) groups is 1. The van der Waals surface area contributed by atoms with Crippen LogP contribution in [0.25, 0.3) is 10.9 Å². The lowest BCUT2D eigenvalue weighted by Gasteiger charge is -2.10. The van der Waals surface area contributed by atoms with Crippen molar-refractivity contribution in [2.75, 3.05) is 20.8 Å². The van der Waals surface area contributed by atoms with Crippen LogP contribution in [0.2, 0.25) is 5.02 Å². The Balaban J connectivity index is 1.55. The summed E-state index contributed by atoms with van der Waals surface area (Å²) in [6.45, 7) is 0.558. The van der Waals surface area contributed by atoms with Gasteiger partial charge in [0.1, 0.15) is 0 Å². The van der Waals surface area contributed by atoms with Crippen LogP contribution in [0.4, 0.5) is 0 Å². The highest BCUT2D eigenvalue weighted by molar-refractivity contribution is 6.31. The lowest BCUT2D eigenvalue weighted by Crippen LogP contribution is -2.27. The molecule has 0 aliphatic heterocycles. The Bertz CT molecular complexity index is 921. The number of aromatic nitrogens is 1. The van der Waals surface area contributed by atoms with E-state index >= 15 is 0 Å². The van der Waals surface area contributed by atoms with Gasteiger partial charge in [0.25, 0.3) is 0 Å². The van der Waals surface area contributed by atoms with E-state index in [0.717, 1.165) is 28.5 Å². The number of H-pyrrole nitrogens is 1. The van der Waals surface area contributed by atoms with Crippen molar-refractivity contribution < 1.29 is 14.3 Å². The summed E-state index contributed by atoms with van der Waals surface area (Å²) in [7, 11) is 3.22. The first kappa shape index (κ1) is 18.1. The molecule has 0 aliphatic rings. The van der Waals surface area contributed by atoms with Crippen molar-refractivity contribution in [3.8, 4) is 11.5 Å². The Hall–Kier alpha value is -2.66. The van der Waals surface area contributed by atoms with Crippen molar-refractivity contribution in [1.82, 2.24) is 10.3 Å². The number of methoxy groups -OCH3 is 2. The van der Waals surface area contributed by atoms with E-state index in [1.165, 1.54) is 0 Å². The molecule has 5 nitrogen and oxygen atoms in total. The standard InChI is InChI=1S/C20H21ClN2O3/c1-25-18-6-3-13(9-19(18)26-2)7-8-22-20(24)10-14-12-23-17-11-15(21)4-5-16(14)17/h3-6,9,11-12,23H,7-8,10H2,1-2H3,(H,22,24). The number of carbonyl (C=O) groups excluding carboxylic acids is 1. The minimum Gasteiger partial charge on any atom is -0.493 e. The van der Waals surface area contributed by atoms with Crippen LogP contribution in [0.3, 0.4) is 0 Å². The second-order valence-corrected chi connectivity index (χ2v) is 6.41. The summed E-state index contributed by atoms with van der Waals surface area (Å²) in [5.41, 5.74) is 2.97. The molecule has 0 fully saturated rings. The first-order chi connectivity index (χ1) is 12.6. The molecule has 1 heterocycles. The van der Waals surface area contributed by atoms with Crippen LogP contribution in [0.15, 0.2) is 42.6 Å². The van der Waals surface area contributed by atoms with Crippen LogP contribution >= 0.6 is 11.6 Å². The SMILES string of the molecule is COc1ccc(CCNC(=O)Cc2c[nH]c3cc(Cl)ccc23)cc1OC. The molecule has 6 heteroatoms. The molecule has 0 unspecified atom stereocenters. The highest BCUT2D eigenvalue weighted by Gasteiger charge is 2.09. The highest BCUT2D eigenvalue weighted by atomic mass is 35.5. The minimum atomic E-state index is -0.0127. The average Bonchev–Trinajstić information content (AvgIpc) is 3.03. The summed E-state index contributed by atoms with van der Waals surface area (Å²) in [6, 6.07) is 11.4. The Kier molecular flexibility index (Phi) is 5.68. The van der Waals surface area contributed by atoms with Crippen LogP contribution in [0.1, 0.15) is 11.1 Å². The van der Waals surface area contributed by atoms with Gasteiger partial charge in [-0.05, 0) is 41.8 Å². The molecule has 136 valence electrons. The van der Waals surface area contributed by atoms with Gasteiger partial charge in [0.05, 0.1) is 20.6 Å². The van der Waals surface area contributed by atoms with Crippen LogP contribution in [-0.2, 0) is 17.6 Å². The predicted octanol–water partition coefficient (Wildman–Crippen LogP) is 3.74. The third-order valence-electron chi connectivity index (χ3n) is 4.26. The van der Waals surface area contributed by atoms with E-state index in [1.54, 1.807) is 14.2 Å². The van der Waals surface area contributed by atoms with Gasteiger partial charge >= 0.3 is 0 Å². The molecule has 0 bridgehead atoms. The first-order valence-electron chi connectivity index (χ1n) is 8.34. The van der Waals surface area contributed by atoms with Gasteiger partial charge in [0.15, 0.2) is 11.5 Å². The Morgan fingerprint density at radius 3 is 2.69 bits per heavy atom. The smallest absolute Gasteiger partial charge is 0.224 e. The molecule has 0 saturated carbocycles. The predicted molar refractivity (Wildman–Crippen MR) is 103 cm³/mol. The van der Waals surface area contributed by atoms with E-state index in [4.69, 9.17) is 21.1 Å². The van der Waals surface area contributed by atoms with Crippen molar-refractivity contribution in [1.29, 1.82) is 0 Å². The number of hydrogen-bond acceptors (Lipinski definition) is 3. The van der Waals surface area contributed by atoms with Gasteiger partial charge < -0.3 is 19.8 Å². The Morgan fingerprint density at radius 2 is 1.92 bits per heavy atom. The summed E-state index contributed by atoms with van der Waals surface area (Å²) in [6.07, 6.45) is 2.90. The van der Waals surface area contributed by atoms with Crippen LogP contribution < -0.4 is 14.8 Å². The molecule has 0 radical (unpaired) electrons. The molecular weight excluding hydrogens is 352 g/mol. The number of halogens is 1. The fourth-order valence-electron chi connectivity index (χ4n) is 2.92. The van der Waals surface area contributed by atoms with Gasteiger partial charge in [0.2, 0.25) is 5.91 Å². The van der Waals surface area contributed by atoms with Gasteiger partial charge in [-0.25, -0.2) is 0 Å². The number of amides is 1. The van der Waals surface area contributed by atoms with E-state index in [1.807, 2.05) is 42.6 Å². The molecule has 0 atom stereocenters. The van der Waals surface area contributed by atoms with E-state index in [-0.39, 0.29) is 5.91 Å². The zero-order chi connectivity index (χ0) is 18.5. The maximum absolute atomic E-state index is 12.2. The number of benzene rings is 2. The molecule has 0 aliphatic carbocycles. The van der Waals surface area contributed by atoms with Crippen LogP contribution in [-0.4, -0.2) is 31.7 Å². The number of aromatic amines is 1. The molecule has 3 rings (SSSR count). The quantitative estimate of drug-likeness (QED) is 0.664. The minimum absolute atomic E-state index is 0.0127. The third-order valence-corrected chi connectivity index (χ3v) is 4.50. The summed E-state index contributed by atoms with van der Waals surface area (Å²) in [4.78, 5) is 15.4. The van der Waals surface area contributed by atoms with E-state index < -0.39 is 0 Å². The van der Waals surface area contributed by atoms with Crippen molar-refractivity contribution in [2.45, 2.75) is 12.8 Å². The second kappa shape index (κ2) is 8.15. The number of nitrogens with one attached hydrogen (secondary N) is 2. The lowest BCUT2D eigenvalue weighted by atomic mass is 10.1. The number of ether oxygens (including phenoxy) is 2. The van der Waals surface area contributed by atoms with Gasteiger partial charge in [-0.2, -0.15) is 0 Å². The summed E-state index contributed by atoms with van der Waals surface area (Å²) in [5, 5.41) is 4.65. The third kappa shape index (κ3) is 4.11. The molecule has 3 aromatic rings. The van der Waals surface area contributed by atoms with Crippen LogP contribution in [0, 0.1) is 0 Å². The zero-order valence-corrected chi connectivity index (χ0v) is 15.5. The highest BCUT2D eigenvalue weighted by Crippen LogP contribution is 2.27. The zero-order valence-electron chi connectivity index (χ0n) is 14.8. The van der Waals surface area contributed by atoms with Crippen molar-refractivity contribution in [3.05, 3.63) is 58.7 Å². The van der Waals surface area contributed by atoms with Crippen molar-refractivity contribution >= 4 is 28.4 Å². The monoisotopic (exact) mass is 372 g/mol. The van der Waals surface area contributed by atoms with Gasteiger partial charge in [-0.15, -0.1) is 0 Å². The average molecular weight is 373 g/mol. The van der Waals surface area contributed by atoms with Gasteiger partial charge in [0, 0.05) is 28.7 Å². The maximum Gasteiger partial charge on any atom is 0.224 e. The Morgan fingerprint density at radius 1 is 1.12 bits per heavy atom. The van der Waals surface area contributed by atoms with Crippen molar-refractivity contribution in [3.63, 3.8) is 0 Å². The van der Waals surface area contributed by atoms with Gasteiger partial charge in [-0.3, -0.25) is 4.79 Å². The maximum atomic E-state index is 12.2. The normalized spacial score (nSPS) is 10.7. The number of hydrogen-bond donors (Lipinski definition) is 2. The molecule has 26 heavy (non-hydrogen) atoms. The molecular formula is C20H21ClN2O3. The lowest BCUT2D eigenvalue weighted by molar-refractivity contribution is -0.120. The molecule has 1 aromatic heterocycles. The molecule has 0 saturated heterocycles. The van der Waals surface area contributed by atoms with Crippen LogP contribution in [0.5, 0.6) is 11.5 Å². The summed E-state index contributed by atoms with van der Waals surface area (Å²) >= 11 is 5.98. The number of rotatable bonds is 7. The van der Waals surface area contributed by atoms with Crippen molar-refractivity contribution in [2.24, 2.45) is 0 Å². The van der Waals surface area contributed by atoms with E-state index in [2.05, 4.69) is 10.3 Å². The van der Waals surface area contributed by atoms with E-state index in [9.17, 15) is 4.79 Å². The fraction of sp³-hybridized carbons (Fsp3) is 0.250. The fourth-order valence-corrected chi connectivity index (χ4v) is 3.09. The molecule has 2 aromatic carbocycles. The second-order valence-electron chi connectivity index (χ2n) is 5.97. The Labute approximate surface area is 157 Å². The first-order valence-corrected chi connectivity index (χ1v) is 8.71. The molecule has 0 spiro atoms. The molecule has 2 N–H and O–H groups in total. The topological polar surface area (TPSA) is 63.3 Å². The number of fused-ring (bicyclic) bond motifs is 1. The van der Waals surface area contributed by atoms with E-state index in [0.29, 0.717) is 29.5 Å². The summed E-state index contributed by atoms with van der Waals surface area (Å²) < 4.78 is 10.5. The largest absolute Gasteiger partial charge is 0.493 e. The van der Waals surface area contributed by atoms with Gasteiger partial charge in [-0.1, -0.05) is 23.7 Å². The molecule has 1 amide bonds.